The fourth-order valence-electron chi connectivity index (χ4n) is 1.05. The first kappa shape index (κ1) is 9.14. The molecule has 0 fully saturated rings. The van der Waals surface area contributed by atoms with Crippen LogP contribution in [0.15, 0.2) is 24.3 Å². The zero-order chi connectivity index (χ0) is 9.14. The molecule has 0 saturated carbocycles. The number of hydrogen-bond acceptors (Lipinski definition) is 2. The van der Waals surface area contributed by atoms with Crippen LogP contribution in [0.1, 0.15) is 0 Å². The highest BCUT2D eigenvalue weighted by atomic mass is 16.2. The van der Waals surface area contributed by atoms with E-state index in [1.807, 2.05) is 43.3 Å². The minimum Gasteiger partial charge on any atom is -0.447 e. The van der Waals surface area contributed by atoms with Gasteiger partial charge in [-0.1, -0.05) is 19.0 Å². The smallest absolute Gasteiger partial charge is 0.320 e. The van der Waals surface area contributed by atoms with E-state index in [0.29, 0.717) is 0 Å². The van der Waals surface area contributed by atoms with Crippen molar-refractivity contribution in [1.82, 2.24) is 0 Å². The second-order valence-electron chi connectivity index (χ2n) is 3.16. The van der Waals surface area contributed by atoms with Crippen LogP contribution in [0.25, 0.3) is 0 Å². The lowest BCUT2D eigenvalue weighted by Crippen LogP contribution is -2.26. The SMILES string of the molecule is CB(O)c1ccc(N(C)C)cc1. The lowest BCUT2D eigenvalue weighted by molar-refractivity contribution is 0.594. The Morgan fingerprint density at radius 1 is 1.17 bits per heavy atom. The van der Waals surface area contributed by atoms with E-state index in [0.717, 1.165) is 11.2 Å². The summed E-state index contributed by atoms with van der Waals surface area (Å²) >= 11 is 0. The molecule has 0 heterocycles. The lowest BCUT2D eigenvalue weighted by Gasteiger charge is -2.12. The van der Waals surface area contributed by atoms with E-state index in [4.69, 9.17) is 0 Å². The third kappa shape index (κ3) is 2.01. The Balaban J connectivity index is 2.86. The van der Waals surface area contributed by atoms with Gasteiger partial charge in [0, 0.05) is 19.8 Å². The summed E-state index contributed by atoms with van der Waals surface area (Å²) in [4.78, 5) is 2.03. The number of rotatable bonds is 2. The minimum absolute atomic E-state index is 0.374. The fraction of sp³-hybridized carbons (Fsp3) is 0.333. The summed E-state index contributed by atoms with van der Waals surface area (Å²) in [6.07, 6.45) is 0. The van der Waals surface area contributed by atoms with E-state index >= 15 is 0 Å². The van der Waals surface area contributed by atoms with Crippen LogP contribution in [-0.2, 0) is 0 Å². The fourth-order valence-corrected chi connectivity index (χ4v) is 1.05. The second kappa shape index (κ2) is 3.63. The molecule has 2 nitrogen and oxygen atoms in total. The third-order valence-corrected chi connectivity index (χ3v) is 1.89. The zero-order valence-electron chi connectivity index (χ0n) is 7.78. The Labute approximate surface area is 73.9 Å². The van der Waals surface area contributed by atoms with Crippen molar-refractivity contribution in [1.29, 1.82) is 0 Å². The molecule has 0 bridgehead atoms. The largest absolute Gasteiger partial charge is 0.447 e. The summed E-state index contributed by atoms with van der Waals surface area (Å²) in [5.41, 5.74) is 2.11. The van der Waals surface area contributed by atoms with Crippen molar-refractivity contribution in [3.63, 3.8) is 0 Å². The molecular formula is C9H14BNO. The molecule has 1 aromatic carbocycles. The maximum atomic E-state index is 9.24. The monoisotopic (exact) mass is 163 g/mol. The van der Waals surface area contributed by atoms with Crippen LogP contribution in [0.5, 0.6) is 0 Å². The Kier molecular flexibility index (Phi) is 2.76. The van der Waals surface area contributed by atoms with E-state index in [2.05, 4.69) is 0 Å². The van der Waals surface area contributed by atoms with Gasteiger partial charge in [-0.3, -0.25) is 0 Å². The first-order valence-electron chi connectivity index (χ1n) is 4.06. The molecule has 0 radical (unpaired) electrons. The summed E-state index contributed by atoms with van der Waals surface area (Å²) in [5, 5.41) is 9.24. The van der Waals surface area contributed by atoms with Crippen LogP contribution in [0.3, 0.4) is 0 Å². The lowest BCUT2D eigenvalue weighted by atomic mass is 9.64. The average Bonchev–Trinajstić information content (AvgIpc) is 2.04. The Morgan fingerprint density at radius 3 is 2.00 bits per heavy atom. The van der Waals surface area contributed by atoms with Crippen LogP contribution in [-0.4, -0.2) is 26.0 Å². The van der Waals surface area contributed by atoms with Gasteiger partial charge in [-0.25, -0.2) is 0 Å². The van der Waals surface area contributed by atoms with Crippen molar-refractivity contribution < 1.29 is 5.02 Å². The van der Waals surface area contributed by atoms with Crippen molar-refractivity contribution in [3.05, 3.63) is 24.3 Å². The molecule has 1 aromatic rings. The molecule has 0 unspecified atom stereocenters. The Bertz CT molecular complexity index is 216. The highest BCUT2D eigenvalue weighted by Crippen LogP contribution is 2.07. The van der Waals surface area contributed by atoms with E-state index < -0.39 is 0 Å². The standard InChI is InChI=1S/C9H14BNO/c1-10(12)8-4-6-9(7-5-8)11(2)3/h4-7,12H,1-3H3. The van der Waals surface area contributed by atoms with Gasteiger partial charge in [-0.05, 0) is 17.6 Å². The maximum Gasteiger partial charge on any atom is 0.320 e. The summed E-state index contributed by atoms with van der Waals surface area (Å²) in [6, 6.07) is 7.89. The van der Waals surface area contributed by atoms with Gasteiger partial charge in [0.2, 0.25) is 0 Å². The van der Waals surface area contributed by atoms with Gasteiger partial charge in [0.05, 0.1) is 0 Å². The van der Waals surface area contributed by atoms with Crippen LogP contribution >= 0.6 is 0 Å². The van der Waals surface area contributed by atoms with Gasteiger partial charge in [0.15, 0.2) is 0 Å². The van der Waals surface area contributed by atoms with Crippen molar-refractivity contribution in [3.8, 4) is 0 Å². The van der Waals surface area contributed by atoms with Gasteiger partial charge >= 0.3 is 6.92 Å². The normalized spacial score (nSPS) is 9.67. The quantitative estimate of drug-likeness (QED) is 0.644. The molecular weight excluding hydrogens is 149 g/mol. The molecule has 0 aliphatic rings. The minimum atomic E-state index is -0.374. The highest BCUT2D eigenvalue weighted by molar-refractivity contribution is 6.64. The molecule has 0 amide bonds. The molecule has 0 aliphatic carbocycles. The first-order valence-corrected chi connectivity index (χ1v) is 4.06. The molecule has 12 heavy (non-hydrogen) atoms. The van der Waals surface area contributed by atoms with Crippen LogP contribution in [0.4, 0.5) is 5.69 Å². The molecule has 64 valence electrons. The van der Waals surface area contributed by atoms with Gasteiger partial charge in [0.25, 0.3) is 0 Å². The molecule has 1 rings (SSSR count). The molecule has 3 heteroatoms. The summed E-state index contributed by atoms with van der Waals surface area (Å²) < 4.78 is 0. The van der Waals surface area contributed by atoms with Crippen molar-refractivity contribution in [2.45, 2.75) is 6.82 Å². The Morgan fingerprint density at radius 2 is 1.67 bits per heavy atom. The number of benzene rings is 1. The van der Waals surface area contributed by atoms with E-state index in [9.17, 15) is 5.02 Å². The molecule has 0 spiro atoms. The summed E-state index contributed by atoms with van der Waals surface area (Å²) in [6.45, 7) is 1.39. The average molecular weight is 163 g/mol. The van der Waals surface area contributed by atoms with Crippen molar-refractivity contribution in [2.24, 2.45) is 0 Å². The number of nitrogens with zero attached hydrogens (tertiary/aromatic N) is 1. The summed E-state index contributed by atoms with van der Waals surface area (Å²) in [5.74, 6) is 0. The maximum absolute atomic E-state index is 9.24. The van der Waals surface area contributed by atoms with E-state index in [1.165, 1.54) is 0 Å². The number of anilines is 1. The highest BCUT2D eigenvalue weighted by Gasteiger charge is 2.05. The molecule has 1 N–H and O–H groups in total. The zero-order valence-corrected chi connectivity index (χ0v) is 7.78. The van der Waals surface area contributed by atoms with Gasteiger partial charge in [-0.15, -0.1) is 0 Å². The van der Waals surface area contributed by atoms with E-state index in [-0.39, 0.29) is 6.92 Å². The van der Waals surface area contributed by atoms with Crippen molar-refractivity contribution >= 4 is 18.1 Å². The molecule has 0 atom stereocenters. The Hall–Kier alpha value is -0.955. The topological polar surface area (TPSA) is 23.5 Å². The number of hydrogen-bond donors (Lipinski definition) is 1. The van der Waals surface area contributed by atoms with Crippen LogP contribution < -0.4 is 10.4 Å². The first-order chi connectivity index (χ1) is 5.61. The predicted octanol–water partition coefficient (Wildman–Crippen LogP) is 0.573. The molecule has 0 saturated heterocycles. The van der Waals surface area contributed by atoms with E-state index in [1.54, 1.807) is 6.82 Å². The van der Waals surface area contributed by atoms with Crippen molar-refractivity contribution in [2.75, 3.05) is 19.0 Å². The van der Waals surface area contributed by atoms with Crippen LogP contribution in [0, 0.1) is 0 Å². The summed E-state index contributed by atoms with van der Waals surface area (Å²) in [7, 11) is 3.99. The predicted molar refractivity (Wildman–Crippen MR) is 54.2 cm³/mol. The van der Waals surface area contributed by atoms with Gasteiger partial charge < -0.3 is 9.92 Å². The molecule has 0 aliphatic heterocycles. The third-order valence-electron chi connectivity index (χ3n) is 1.89. The van der Waals surface area contributed by atoms with Gasteiger partial charge in [-0.2, -0.15) is 0 Å². The van der Waals surface area contributed by atoms with Gasteiger partial charge in [0.1, 0.15) is 0 Å². The van der Waals surface area contributed by atoms with Crippen LogP contribution in [0.2, 0.25) is 6.82 Å². The molecule has 0 aromatic heterocycles. The second-order valence-corrected chi connectivity index (χ2v) is 3.16.